The predicted molar refractivity (Wildman–Crippen MR) is 80.6 cm³/mol. The van der Waals surface area contributed by atoms with Crippen molar-refractivity contribution >= 4 is 11.7 Å². The van der Waals surface area contributed by atoms with E-state index in [2.05, 4.69) is 5.32 Å². The van der Waals surface area contributed by atoms with Crippen molar-refractivity contribution < 1.29 is 24.2 Å². The van der Waals surface area contributed by atoms with Crippen LogP contribution in [0.4, 0.5) is 0 Å². The van der Waals surface area contributed by atoms with E-state index >= 15 is 0 Å². The number of aromatic hydroxyl groups is 1. The summed E-state index contributed by atoms with van der Waals surface area (Å²) in [5.41, 5.74) is -0.463. The molecule has 0 fully saturated rings. The highest BCUT2D eigenvalue weighted by molar-refractivity contribution is 6.03. The second kappa shape index (κ2) is 6.25. The van der Waals surface area contributed by atoms with Crippen molar-refractivity contribution in [3.63, 3.8) is 0 Å². The van der Waals surface area contributed by atoms with Crippen LogP contribution in [-0.2, 0) is 4.79 Å². The second-order valence-corrected chi connectivity index (χ2v) is 5.92. The predicted octanol–water partition coefficient (Wildman–Crippen LogP) is 2.04. The molecular weight excluding hydrogens is 286 g/mol. The Morgan fingerprint density at radius 1 is 1.45 bits per heavy atom. The second-order valence-electron chi connectivity index (χ2n) is 5.92. The third kappa shape index (κ3) is 3.69. The van der Waals surface area contributed by atoms with Crippen LogP contribution in [0.3, 0.4) is 0 Å². The molecule has 6 heteroatoms. The Balaban J connectivity index is 2.14. The maximum absolute atomic E-state index is 12.1. The molecule has 6 nitrogen and oxygen atoms in total. The number of ketones is 1. The van der Waals surface area contributed by atoms with E-state index in [1.54, 1.807) is 13.8 Å². The number of Topliss-reactive ketones (excluding diaryl/α,β-unsaturated/α-hetero) is 1. The van der Waals surface area contributed by atoms with E-state index in [4.69, 9.17) is 9.47 Å². The lowest BCUT2D eigenvalue weighted by Crippen LogP contribution is -2.36. The van der Waals surface area contributed by atoms with Crippen LogP contribution in [0, 0.1) is 0 Å². The molecule has 1 amide bonds. The maximum atomic E-state index is 12.1. The van der Waals surface area contributed by atoms with Crippen LogP contribution in [0.2, 0.25) is 0 Å². The molecular formula is C16H21NO5. The molecule has 2 N–H and O–H groups in total. The van der Waals surface area contributed by atoms with Gasteiger partial charge >= 0.3 is 0 Å². The van der Waals surface area contributed by atoms with E-state index in [1.807, 2.05) is 6.92 Å². The van der Waals surface area contributed by atoms with Crippen molar-refractivity contribution in [2.24, 2.45) is 0 Å². The molecule has 0 aromatic heterocycles. The zero-order valence-corrected chi connectivity index (χ0v) is 13.1. The first-order chi connectivity index (χ1) is 10.3. The Morgan fingerprint density at radius 3 is 2.86 bits per heavy atom. The fourth-order valence-electron chi connectivity index (χ4n) is 2.29. The van der Waals surface area contributed by atoms with Crippen LogP contribution >= 0.6 is 0 Å². The molecule has 0 saturated carbocycles. The SMILES string of the molecule is CCCNC(=O)COc1cc(O)c2c(c1)OC(C)(C)CC2=O. The van der Waals surface area contributed by atoms with Crippen LogP contribution in [0.25, 0.3) is 0 Å². The van der Waals surface area contributed by atoms with Crippen LogP contribution < -0.4 is 14.8 Å². The van der Waals surface area contributed by atoms with Gasteiger partial charge in [-0.3, -0.25) is 9.59 Å². The number of amides is 1. The smallest absolute Gasteiger partial charge is 0.257 e. The number of carbonyl (C=O) groups is 2. The number of benzene rings is 1. The number of phenols is 1. The number of nitrogens with one attached hydrogen (secondary N) is 1. The van der Waals surface area contributed by atoms with E-state index < -0.39 is 5.60 Å². The van der Waals surface area contributed by atoms with Gasteiger partial charge in [0.05, 0.1) is 6.42 Å². The molecule has 0 radical (unpaired) electrons. The summed E-state index contributed by atoms with van der Waals surface area (Å²) in [6.07, 6.45) is 1.05. The molecule has 0 aliphatic carbocycles. The Hall–Kier alpha value is -2.24. The Bertz CT molecular complexity index is 594. The Labute approximate surface area is 129 Å². The Morgan fingerprint density at radius 2 is 2.18 bits per heavy atom. The van der Waals surface area contributed by atoms with Gasteiger partial charge < -0.3 is 19.9 Å². The van der Waals surface area contributed by atoms with Crippen molar-refractivity contribution in [1.29, 1.82) is 0 Å². The van der Waals surface area contributed by atoms with Crippen molar-refractivity contribution in [1.82, 2.24) is 5.32 Å². The monoisotopic (exact) mass is 307 g/mol. The summed E-state index contributed by atoms with van der Waals surface area (Å²) in [5.74, 6) is -0.0343. The minimum Gasteiger partial charge on any atom is -0.507 e. The summed E-state index contributed by atoms with van der Waals surface area (Å²) in [6.45, 7) is 5.99. The fraction of sp³-hybridized carbons (Fsp3) is 0.500. The van der Waals surface area contributed by atoms with Crippen molar-refractivity contribution in [3.05, 3.63) is 17.7 Å². The quantitative estimate of drug-likeness (QED) is 0.869. The summed E-state index contributed by atoms with van der Waals surface area (Å²) in [6, 6.07) is 2.85. The molecule has 1 heterocycles. The van der Waals surface area contributed by atoms with Crippen molar-refractivity contribution in [3.8, 4) is 17.2 Å². The highest BCUT2D eigenvalue weighted by Crippen LogP contribution is 2.40. The molecule has 2 rings (SSSR count). The van der Waals surface area contributed by atoms with Gasteiger partial charge in [-0.05, 0) is 20.3 Å². The number of rotatable bonds is 5. The molecule has 1 aromatic rings. The number of phenolic OH excluding ortho intramolecular Hbond substituents is 1. The molecule has 0 bridgehead atoms. The van der Waals surface area contributed by atoms with Crippen molar-refractivity contribution in [2.45, 2.75) is 39.2 Å². The minimum absolute atomic E-state index is 0.157. The summed E-state index contributed by atoms with van der Waals surface area (Å²) in [4.78, 5) is 23.6. The van der Waals surface area contributed by atoms with Crippen LogP contribution in [0.5, 0.6) is 17.2 Å². The van der Waals surface area contributed by atoms with Crippen LogP contribution in [-0.4, -0.2) is 35.5 Å². The number of hydrogen-bond donors (Lipinski definition) is 2. The summed E-state index contributed by atoms with van der Waals surface area (Å²) < 4.78 is 11.1. The minimum atomic E-state index is -0.631. The molecule has 22 heavy (non-hydrogen) atoms. The normalized spacial score (nSPS) is 15.7. The van der Waals surface area contributed by atoms with Gasteiger partial charge in [0.2, 0.25) is 0 Å². The number of ether oxygens (including phenoxy) is 2. The summed E-state index contributed by atoms with van der Waals surface area (Å²) in [7, 11) is 0. The zero-order valence-electron chi connectivity index (χ0n) is 13.1. The standard InChI is InChI=1S/C16H21NO5/c1-4-5-17-14(20)9-21-10-6-11(18)15-12(19)8-16(2,3)22-13(15)7-10/h6-7,18H,4-5,8-9H2,1-3H3,(H,17,20). The van der Waals surface area contributed by atoms with Gasteiger partial charge in [0, 0.05) is 18.7 Å². The molecule has 1 aliphatic heterocycles. The zero-order chi connectivity index (χ0) is 16.3. The lowest BCUT2D eigenvalue weighted by molar-refractivity contribution is -0.123. The third-order valence-corrected chi connectivity index (χ3v) is 3.25. The van der Waals surface area contributed by atoms with E-state index in [1.165, 1.54) is 12.1 Å². The highest BCUT2D eigenvalue weighted by Gasteiger charge is 2.34. The van der Waals surface area contributed by atoms with Gasteiger partial charge in [-0.2, -0.15) is 0 Å². The van der Waals surface area contributed by atoms with Gasteiger partial charge in [0.15, 0.2) is 12.4 Å². The first kappa shape index (κ1) is 16.1. The van der Waals surface area contributed by atoms with E-state index in [0.29, 0.717) is 6.54 Å². The molecule has 1 aliphatic rings. The summed E-state index contributed by atoms with van der Waals surface area (Å²) in [5, 5.41) is 12.7. The first-order valence-corrected chi connectivity index (χ1v) is 7.31. The lowest BCUT2D eigenvalue weighted by Gasteiger charge is -2.32. The Kier molecular flexibility index (Phi) is 4.59. The van der Waals surface area contributed by atoms with E-state index in [9.17, 15) is 14.7 Å². The van der Waals surface area contributed by atoms with E-state index in [-0.39, 0.29) is 47.5 Å². The molecule has 120 valence electrons. The van der Waals surface area contributed by atoms with Gasteiger partial charge in [0.25, 0.3) is 5.91 Å². The fourth-order valence-corrected chi connectivity index (χ4v) is 2.29. The first-order valence-electron chi connectivity index (χ1n) is 7.31. The molecule has 0 atom stereocenters. The van der Waals surface area contributed by atoms with Crippen LogP contribution in [0.1, 0.15) is 44.0 Å². The van der Waals surface area contributed by atoms with Gasteiger partial charge in [-0.1, -0.05) is 6.92 Å². The molecule has 0 saturated heterocycles. The molecule has 0 spiro atoms. The van der Waals surface area contributed by atoms with Gasteiger partial charge in [-0.15, -0.1) is 0 Å². The van der Waals surface area contributed by atoms with Gasteiger partial charge in [-0.25, -0.2) is 0 Å². The average molecular weight is 307 g/mol. The van der Waals surface area contributed by atoms with Gasteiger partial charge in [0.1, 0.15) is 28.4 Å². The molecule has 1 aromatic carbocycles. The number of carbonyl (C=O) groups excluding carboxylic acids is 2. The van der Waals surface area contributed by atoms with Crippen molar-refractivity contribution in [2.75, 3.05) is 13.2 Å². The average Bonchev–Trinajstić information content (AvgIpc) is 2.40. The maximum Gasteiger partial charge on any atom is 0.257 e. The largest absolute Gasteiger partial charge is 0.507 e. The highest BCUT2D eigenvalue weighted by atomic mass is 16.5. The third-order valence-electron chi connectivity index (χ3n) is 3.25. The lowest BCUT2D eigenvalue weighted by atomic mass is 9.92. The summed E-state index contributed by atoms with van der Waals surface area (Å²) >= 11 is 0. The topological polar surface area (TPSA) is 84.9 Å². The number of hydrogen-bond acceptors (Lipinski definition) is 5. The molecule has 0 unspecified atom stereocenters. The van der Waals surface area contributed by atoms with E-state index in [0.717, 1.165) is 6.42 Å². The number of fused-ring (bicyclic) bond motifs is 1. The van der Waals surface area contributed by atoms with Crippen LogP contribution in [0.15, 0.2) is 12.1 Å².